The van der Waals surface area contributed by atoms with Gasteiger partial charge >= 0.3 is 12.1 Å². The van der Waals surface area contributed by atoms with E-state index in [0.717, 1.165) is 5.56 Å². The molecule has 0 fully saturated rings. The quantitative estimate of drug-likeness (QED) is 0.524. The molecule has 0 aliphatic rings. The minimum atomic E-state index is -0.592. The molecule has 1 N–H and O–H groups in total. The highest BCUT2D eigenvalue weighted by molar-refractivity contribution is 5.84. The van der Waals surface area contributed by atoms with E-state index >= 15 is 0 Å². The fraction of sp³-hybridized carbons (Fsp3) is 0.368. The summed E-state index contributed by atoms with van der Waals surface area (Å²) >= 11 is 0. The molecule has 0 spiro atoms. The first kappa shape index (κ1) is 19.3. The highest BCUT2D eigenvalue weighted by atomic mass is 16.6. The van der Waals surface area contributed by atoms with Crippen molar-refractivity contribution in [3.63, 3.8) is 0 Å². The van der Waals surface area contributed by atoms with Crippen LogP contribution in [0.25, 0.3) is 0 Å². The molecule has 1 rings (SSSR count). The SMILES string of the molecule is CCOC(=O)/C=C(\C#Cc1ccccc1)CNC(=O)OC(C)(C)C. The Hall–Kier alpha value is -2.74. The normalized spacial score (nSPS) is 11.1. The van der Waals surface area contributed by atoms with Gasteiger partial charge in [-0.15, -0.1) is 0 Å². The van der Waals surface area contributed by atoms with Crippen molar-refractivity contribution in [2.45, 2.75) is 33.3 Å². The number of carbonyl (C=O) groups excluding carboxylic acids is 2. The lowest BCUT2D eigenvalue weighted by Gasteiger charge is -2.19. The largest absolute Gasteiger partial charge is 0.463 e. The van der Waals surface area contributed by atoms with E-state index in [1.54, 1.807) is 27.7 Å². The Morgan fingerprint density at radius 2 is 1.88 bits per heavy atom. The second-order valence-corrected chi connectivity index (χ2v) is 5.89. The first-order valence-corrected chi connectivity index (χ1v) is 7.71. The second-order valence-electron chi connectivity index (χ2n) is 5.89. The Kier molecular flexibility index (Phi) is 7.57. The molecule has 0 aromatic heterocycles. The highest BCUT2D eigenvalue weighted by Crippen LogP contribution is 2.06. The van der Waals surface area contributed by atoms with Gasteiger partial charge in [0, 0.05) is 17.2 Å². The molecular weight excluding hydrogens is 306 g/mol. The van der Waals surface area contributed by atoms with E-state index < -0.39 is 17.7 Å². The average Bonchev–Trinajstić information content (AvgIpc) is 2.49. The minimum Gasteiger partial charge on any atom is -0.463 e. The van der Waals surface area contributed by atoms with Crippen LogP contribution in [0.3, 0.4) is 0 Å². The van der Waals surface area contributed by atoms with Gasteiger partial charge in [0.15, 0.2) is 0 Å². The van der Waals surface area contributed by atoms with Gasteiger partial charge < -0.3 is 14.8 Å². The monoisotopic (exact) mass is 329 g/mol. The maximum Gasteiger partial charge on any atom is 0.407 e. The summed E-state index contributed by atoms with van der Waals surface area (Å²) in [6.45, 7) is 7.40. The summed E-state index contributed by atoms with van der Waals surface area (Å²) in [6.07, 6.45) is 0.704. The van der Waals surface area contributed by atoms with Crippen molar-refractivity contribution >= 4 is 12.1 Å². The lowest BCUT2D eigenvalue weighted by molar-refractivity contribution is -0.137. The van der Waals surface area contributed by atoms with Gasteiger partial charge in [-0.25, -0.2) is 9.59 Å². The van der Waals surface area contributed by atoms with Crippen LogP contribution in [0, 0.1) is 11.8 Å². The predicted molar refractivity (Wildman–Crippen MR) is 92.3 cm³/mol. The standard InChI is InChI=1S/C19H23NO4/c1-5-23-17(21)13-16(12-11-15-9-7-6-8-10-15)14-20-18(22)24-19(2,3)4/h6-10,13H,5,14H2,1-4H3,(H,20,22)/b16-13+. The molecule has 0 radical (unpaired) electrons. The van der Waals surface area contributed by atoms with Crippen LogP contribution in [0.1, 0.15) is 33.3 Å². The molecule has 0 unspecified atom stereocenters. The smallest absolute Gasteiger partial charge is 0.407 e. The van der Waals surface area contributed by atoms with Gasteiger partial charge in [-0.1, -0.05) is 30.0 Å². The van der Waals surface area contributed by atoms with Crippen LogP contribution in [0.2, 0.25) is 0 Å². The van der Waals surface area contributed by atoms with E-state index in [0.29, 0.717) is 5.57 Å². The highest BCUT2D eigenvalue weighted by Gasteiger charge is 2.16. The van der Waals surface area contributed by atoms with Crippen molar-refractivity contribution in [2.24, 2.45) is 0 Å². The van der Waals surface area contributed by atoms with Crippen molar-refractivity contribution in [2.75, 3.05) is 13.2 Å². The summed E-state index contributed by atoms with van der Waals surface area (Å²) in [5, 5.41) is 2.58. The first-order valence-electron chi connectivity index (χ1n) is 7.71. The summed E-state index contributed by atoms with van der Waals surface area (Å²) in [4.78, 5) is 23.4. The Bertz CT molecular complexity index is 645. The van der Waals surface area contributed by atoms with E-state index in [1.807, 2.05) is 30.3 Å². The van der Waals surface area contributed by atoms with Crippen molar-refractivity contribution in [1.29, 1.82) is 0 Å². The van der Waals surface area contributed by atoms with Crippen molar-refractivity contribution in [1.82, 2.24) is 5.32 Å². The van der Waals surface area contributed by atoms with Gasteiger partial charge in [0.05, 0.1) is 13.2 Å². The van der Waals surface area contributed by atoms with Crippen molar-refractivity contribution in [3.8, 4) is 11.8 Å². The van der Waals surface area contributed by atoms with Crippen molar-refractivity contribution < 1.29 is 19.1 Å². The Morgan fingerprint density at radius 1 is 1.21 bits per heavy atom. The zero-order valence-corrected chi connectivity index (χ0v) is 14.5. The molecule has 0 aliphatic heterocycles. The minimum absolute atomic E-state index is 0.0769. The van der Waals surface area contributed by atoms with Crippen LogP contribution in [0.4, 0.5) is 4.79 Å². The number of esters is 1. The molecule has 0 saturated heterocycles. The van der Waals surface area contributed by atoms with Crippen LogP contribution in [-0.2, 0) is 14.3 Å². The lowest BCUT2D eigenvalue weighted by Crippen LogP contribution is -2.33. The van der Waals surface area contributed by atoms with Crippen LogP contribution in [-0.4, -0.2) is 30.8 Å². The summed E-state index contributed by atoms with van der Waals surface area (Å²) in [6, 6.07) is 9.35. The van der Waals surface area contributed by atoms with E-state index in [4.69, 9.17) is 9.47 Å². The number of ether oxygens (including phenoxy) is 2. The Balaban J connectivity index is 2.81. The van der Waals surface area contributed by atoms with Gasteiger partial charge in [-0.05, 0) is 39.8 Å². The predicted octanol–water partition coefficient (Wildman–Crippen LogP) is 3.05. The van der Waals surface area contributed by atoms with E-state index in [-0.39, 0.29) is 13.2 Å². The summed E-state index contributed by atoms with van der Waals surface area (Å²) in [5.41, 5.74) is 0.651. The van der Waals surface area contributed by atoms with Crippen LogP contribution in [0.5, 0.6) is 0 Å². The molecular formula is C19H23NO4. The zero-order valence-electron chi connectivity index (χ0n) is 14.5. The van der Waals surface area contributed by atoms with Gasteiger partial charge in [-0.3, -0.25) is 0 Å². The lowest BCUT2D eigenvalue weighted by atomic mass is 10.2. The molecule has 24 heavy (non-hydrogen) atoms. The van der Waals surface area contributed by atoms with E-state index in [2.05, 4.69) is 17.2 Å². The average molecular weight is 329 g/mol. The summed E-state index contributed by atoms with van der Waals surface area (Å²) in [5.74, 6) is 5.33. The van der Waals surface area contributed by atoms with Crippen LogP contribution >= 0.6 is 0 Å². The Labute approximate surface area is 143 Å². The number of benzene rings is 1. The van der Waals surface area contributed by atoms with Gasteiger partial charge in [0.1, 0.15) is 5.60 Å². The molecule has 0 saturated carbocycles. The third-order valence-electron chi connectivity index (χ3n) is 2.54. The third kappa shape index (κ3) is 8.64. The summed E-state index contributed by atoms with van der Waals surface area (Å²) < 4.78 is 10.0. The molecule has 5 heteroatoms. The number of carbonyl (C=O) groups is 2. The van der Waals surface area contributed by atoms with Crippen LogP contribution in [0.15, 0.2) is 42.0 Å². The third-order valence-corrected chi connectivity index (χ3v) is 2.54. The molecule has 0 atom stereocenters. The fourth-order valence-corrected chi connectivity index (χ4v) is 1.61. The number of hydrogen-bond acceptors (Lipinski definition) is 4. The molecule has 128 valence electrons. The van der Waals surface area contributed by atoms with Gasteiger partial charge in [-0.2, -0.15) is 0 Å². The molecule has 5 nitrogen and oxygen atoms in total. The number of hydrogen-bond donors (Lipinski definition) is 1. The number of nitrogens with one attached hydrogen (secondary N) is 1. The molecule has 1 aromatic rings. The maximum atomic E-state index is 11.7. The number of amides is 1. The Morgan fingerprint density at radius 3 is 2.46 bits per heavy atom. The topological polar surface area (TPSA) is 64.6 Å². The fourth-order valence-electron chi connectivity index (χ4n) is 1.61. The molecule has 0 bridgehead atoms. The van der Waals surface area contributed by atoms with Gasteiger partial charge in [0.25, 0.3) is 0 Å². The van der Waals surface area contributed by atoms with Crippen LogP contribution < -0.4 is 5.32 Å². The maximum absolute atomic E-state index is 11.7. The molecule has 1 amide bonds. The first-order chi connectivity index (χ1) is 11.3. The summed E-state index contributed by atoms with van der Waals surface area (Å²) in [7, 11) is 0. The molecule has 0 heterocycles. The van der Waals surface area contributed by atoms with Gasteiger partial charge in [0.2, 0.25) is 0 Å². The van der Waals surface area contributed by atoms with E-state index in [1.165, 1.54) is 6.08 Å². The number of alkyl carbamates (subject to hydrolysis) is 1. The number of rotatable bonds is 4. The second kappa shape index (κ2) is 9.41. The zero-order chi connectivity index (χ0) is 18.0. The molecule has 0 aliphatic carbocycles. The van der Waals surface area contributed by atoms with E-state index in [9.17, 15) is 9.59 Å². The molecule has 1 aromatic carbocycles. The van der Waals surface area contributed by atoms with Crippen molar-refractivity contribution in [3.05, 3.63) is 47.5 Å².